The van der Waals surface area contributed by atoms with Gasteiger partial charge >= 0.3 is 6.09 Å². The van der Waals surface area contributed by atoms with Crippen molar-refractivity contribution in [1.29, 1.82) is 0 Å². The van der Waals surface area contributed by atoms with Gasteiger partial charge in [0, 0.05) is 24.8 Å². The van der Waals surface area contributed by atoms with Gasteiger partial charge < -0.3 is 18.9 Å². The molecule has 2 aliphatic heterocycles. The van der Waals surface area contributed by atoms with Crippen LogP contribution in [0.4, 0.5) is 4.79 Å². The lowest BCUT2D eigenvalue weighted by Crippen LogP contribution is -2.57. The molecule has 0 aliphatic carbocycles. The molecule has 3 amide bonds. The Hall–Kier alpha value is -4.21. The lowest BCUT2D eigenvalue weighted by atomic mass is 9.87. The highest BCUT2D eigenvalue weighted by Crippen LogP contribution is 2.40. The zero-order chi connectivity index (χ0) is 33.2. The molecule has 0 saturated carbocycles. The van der Waals surface area contributed by atoms with E-state index in [9.17, 15) is 14.4 Å². The number of imidazole rings is 2. The monoisotopic (exact) mass is 614 g/mol. The van der Waals surface area contributed by atoms with E-state index in [0.717, 1.165) is 17.0 Å². The van der Waals surface area contributed by atoms with Gasteiger partial charge in [0.25, 0.3) is 0 Å². The number of hydrogen-bond donors (Lipinski definition) is 1. The van der Waals surface area contributed by atoms with Crippen LogP contribution in [-0.2, 0) is 25.2 Å². The molecule has 10 heteroatoms. The molecule has 0 aromatic carbocycles. The standard InChI is InChI=1S/C20H27N3O3.C15H19N3O/c1-12-16(23(17(12)24)18(25)26-20(5,6)7)14-11-22-10-13(19(2,3)4)8-9-15(22)21-14;1-9-13(17-14(9)19)11-8-18-7-10(15(2,3)4)5-6-12(18)16-11/h8-12,16H,1-7H3;5-9,13H,1-4H3,(H,17,19)/t12-,16+;9-,13+/m11/s1. The van der Waals surface area contributed by atoms with E-state index in [-0.39, 0.29) is 40.5 Å². The summed E-state index contributed by atoms with van der Waals surface area (Å²) in [6.45, 7) is 22.2. The Labute approximate surface area is 265 Å². The molecule has 0 unspecified atom stereocenters. The maximum absolute atomic E-state index is 12.4. The van der Waals surface area contributed by atoms with Crippen molar-refractivity contribution < 1.29 is 19.1 Å². The summed E-state index contributed by atoms with van der Waals surface area (Å²) in [6, 6.07) is 7.85. The van der Waals surface area contributed by atoms with Crippen molar-refractivity contribution in [2.75, 3.05) is 0 Å². The number of hydrogen-bond acceptors (Lipinski definition) is 6. The molecular formula is C35H46N6O4. The summed E-state index contributed by atoms with van der Waals surface area (Å²) >= 11 is 0. The predicted molar refractivity (Wildman–Crippen MR) is 173 cm³/mol. The van der Waals surface area contributed by atoms with Gasteiger partial charge in [0.05, 0.1) is 35.3 Å². The molecule has 45 heavy (non-hydrogen) atoms. The van der Waals surface area contributed by atoms with Gasteiger partial charge in [-0.1, -0.05) is 67.5 Å². The van der Waals surface area contributed by atoms with E-state index in [1.165, 1.54) is 16.0 Å². The molecule has 10 nitrogen and oxygen atoms in total. The van der Waals surface area contributed by atoms with Crippen LogP contribution in [-0.4, -0.2) is 47.2 Å². The lowest BCUT2D eigenvalue weighted by Gasteiger charge is -2.43. The first-order chi connectivity index (χ1) is 20.7. The molecule has 2 aliphatic rings. The number of nitrogens with one attached hydrogen (secondary N) is 1. The molecule has 4 aromatic rings. The number of pyridine rings is 2. The van der Waals surface area contributed by atoms with Crippen molar-refractivity contribution in [3.63, 3.8) is 0 Å². The normalized spacial score (nSPS) is 22.0. The molecule has 4 aromatic heterocycles. The van der Waals surface area contributed by atoms with Crippen LogP contribution >= 0.6 is 0 Å². The first-order valence-electron chi connectivity index (χ1n) is 15.6. The zero-order valence-corrected chi connectivity index (χ0v) is 28.3. The van der Waals surface area contributed by atoms with Crippen LogP contribution < -0.4 is 5.32 Å². The molecule has 0 bridgehead atoms. The Morgan fingerprint density at radius 1 is 0.733 bits per heavy atom. The number of imide groups is 1. The highest BCUT2D eigenvalue weighted by molar-refractivity contribution is 5.99. The van der Waals surface area contributed by atoms with Crippen molar-refractivity contribution in [3.8, 4) is 0 Å². The fourth-order valence-corrected chi connectivity index (χ4v) is 5.53. The molecule has 0 spiro atoms. The third-order valence-electron chi connectivity index (χ3n) is 8.47. The van der Waals surface area contributed by atoms with Crippen LogP contribution in [0.1, 0.15) is 111 Å². The Morgan fingerprint density at radius 3 is 1.67 bits per heavy atom. The predicted octanol–water partition coefficient (Wildman–Crippen LogP) is 6.53. The Morgan fingerprint density at radius 2 is 1.22 bits per heavy atom. The minimum atomic E-state index is -0.652. The SMILES string of the molecule is C[C@H]1C(=O)N(C(=O)OC(C)(C)C)[C@@H]1c1cn2cc(C(C)(C)C)ccc2n1.C[C@H]1C(=O)N[C@@H]1c1cn2cc(C(C)(C)C)ccc2n1. The van der Waals surface area contributed by atoms with Gasteiger partial charge in [0.1, 0.15) is 16.9 Å². The molecule has 2 fully saturated rings. The summed E-state index contributed by atoms with van der Waals surface area (Å²) < 4.78 is 9.39. The molecular weight excluding hydrogens is 568 g/mol. The van der Waals surface area contributed by atoms with Gasteiger partial charge in [0.15, 0.2) is 0 Å². The van der Waals surface area contributed by atoms with Crippen LogP contribution in [0.2, 0.25) is 0 Å². The Kier molecular flexibility index (Phi) is 7.87. The third kappa shape index (κ3) is 6.32. The lowest BCUT2D eigenvalue weighted by molar-refractivity contribution is -0.153. The number of nitrogens with zero attached hydrogens (tertiary/aromatic N) is 5. The van der Waals surface area contributed by atoms with Gasteiger partial charge in [0.2, 0.25) is 11.8 Å². The minimum Gasteiger partial charge on any atom is -0.443 e. The average molecular weight is 615 g/mol. The molecule has 0 radical (unpaired) electrons. The van der Waals surface area contributed by atoms with E-state index in [4.69, 9.17) is 4.74 Å². The van der Waals surface area contributed by atoms with Crippen LogP contribution in [0.15, 0.2) is 49.1 Å². The Balaban J connectivity index is 0.000000186. The molecule has 2 saturated heterocycles. The topological polar surface area (TPSA) is 110 Å². The molecule has 4 atom stereocenters. The van der Waals surface area contributed by atoms with Crippen LogP contribution in [0.3, 0.4) is 0 Å². The van der Waals surface area contributed by atoms with Crippen LogP contribution in [0, 0.1) is 11.8 Å². The summed E-state index contributed by atoms with van der Waals surface area (Å²) in [5.74, 6) is -0.393. The Bertz CT molecular complexity index is 1780. The van der Waals surface area contributed by atoms with Gasteiger partial charge in [-0.15, -0.1) is 0 Å². The van der Waals surface area contributed by atoms with Gasteiger partial charge in [-0.3, -0.25) is 9.59 Å². The first kappa shape index (κ1) is 32.2. The summed E-state index contributed by atoms with van der Waals surface area (Å²) in [7, 11) is 0. The van der Waals surface area contributed by atoms with Crippen molar-refractivity contribution in [2.45, 2.75) is 105 Å². The second-order valence-electron chi connectivity index (χ2n) is 15.4. The minimum absolute atomic E-state index is 0.0204. The van der Waals surface area contributed by atoms with Crippen molar-refractivity contribution in [2.24, 2.45) is 11.8 Å². The third-order valence-corrected chi connectivity index (χ3v) is 8.47. The van der Waals surface area contributed by atoms with Crippen molar-refractivity contribution >= 4 is 29.2 Å². The number of fused-ring (bicyclic) bond motifs is 2. The van der Waals surface area contributed by atoms with E-state index < -0.39 is 17.7 Å². The molecule has 6 heterocycles. The van der Waals surface area contributed by atoms with Crippen LogP contribution in [0.5, 0.6) is 0 Å². The molecule has 1 N–H and O–H groups in total. The number of ether oxygens (including phenoxy) is 1. The van der Waals surface area contributed by atoms with Crippen LogP contribution in [0.25, 0.3) is 11.3 Å². The smallest absolute Gasteiger partial charge is 0.417 e. The average Bonchev–Trinajstić information content (AvgIpc) is 3.54. The van der Waals surface area contributed by atoms with Gasteiger partial charge in [-0.05, 0) is 54.9 Å². The van der Waals surface area contributed by atoms with E-state index in [0.29, 0.717) is 5.69 Å². The van der Waals surface area contributed by atoms with Gasteiger partial charge in [-0.25, -0.2) is 19.7 Å². The largest absolute Gasteiger partial charge is 0.443 e. The maximum Gasteiger partial charge on any atom is 0.417 e. The fraction of sp³-hybridized carbons (Fsp3) is 0.514. The number of aromatic nitrogens is 4. The van der Waals surface area contributed by atoms with E-state index >= 15 is 0 Å². The maximum atomic E-state index is 12.4. The quantitative estimate of drug-likeness (QED) is 0.257. The summed E-state index contributed by atoms with van der Waals surface area (Å²) in [5.41, 5.74) is 5.33. The van der Waals surface area contributed by atoms with Gasteiger partial charge in [-0.2, -0.15) is 0 Å². The fourth-order valence-electron chi connectivity index (χ4n) is 5.53. The number of rotatable bonds is 2. The van der Waals surface area contributed by atoms with E-state index in [2.05, 4.69) is 81.4 Å². The number of likely N-dealkylation sites (tertiary alicyclic amines) is 1. The van der Waals surface area contributed by atoms with E-state index in [1.54, 1.807) is 20.8 Å². The summed E-state index contributed by atoms with van der Waals surface area (Å²) in [6.07, 6.45) is 7.48. The first-order valence-corrected chi connectivity index (χ1v) is 15.6. The molecule has 240 valence electrons. The zero-order valence-electron chi connectivity index (χ0n) is 28.3. The summed E-state index contributed by atoms with van der Waals surface area (Å²) in [4.78, 5) is 46.4. The number of carbonyl (C=O) groups is 3. The second-order valence-corrected chi connectivity index (χ2v) is 15.4. The van der Waals surface area contributed by atoms with E-state index in [1.807, 2.05) is 47.2 Å². The highest BCUT2D eigenvalue weighted by Gasteiger charge is 2.51. The van der Waals surface area contributed by atoms with Crippen molar-refractivity contribution in [3.05, 3.63) is 71.6 Å². The number of β-lactam (4-membered cyclic amide) rings is 2. The number of amides is 3. The molecule has 6 rings (SSSR count). The van der Waals surface area contributed by atoms with Crippen molar-refractivity contribution in [1.82, 2.24) is 29.0 Å². The highest BCUT2D eigenvalue weighted by atomic mass is 16.6. The number of carbonyl (C=O) groups excluding carboxylic acids is 3. The second kappa shape index (κ2) is 11.0. The summed E-state index contributed by atoms with van der Waals surface area (Å²) in [5, 5.41) is 2.90.